The predicted octanol–water partition coefficient (Wildman–Crippen LogP) is 3.90. The van der Waals surface area contributed by atoms with Crippen molar-refractivity contribution in [1.82, 2.24) is 10.2 Å². The van der Waals surface area contributed by atoms with E-state index in [1.54, 1.807) is 24.3 Å². The van der Waals surface area contributed by atoms with Gasteiger partial charge in [-0.2, -0.15) is 0 Å². The standard InChI is InChI=1S/C17H12FN3O2S2/c18-12-5-3-11(4-6-12)13(22)10-25-16-8-7-15(20-21-16)19-17(23)14-2-1-9-24-14/h1-9H,10H2,(H,19,20,23). The first-order valence-electron chi connectivity index (χ1n) is 7.22. The monoisotopic (exact) mass is 373 g/mol. The zero-order valence-corrected chi connectivity index (χ0v) is 14.4. The Morgan fingerprint density at radius 2 is 1.88 bits per heavy atom. The minimum Gasteiger partial charge on any atom is -0.304 e. The van der Waals surface area contributed by atoms with Gasteiger partial charge in [-0.1, -0.05) is 17.8 Å². The number of thiophene rings is 1. The van der Waals surface area contributed by atoms with Gasteiger partial charge in [0.2, 0.25) is 0 Å². The lowest BCUT2D eigenvalue weighted by Crippen LogP contribution is -2.11. The van der Waals surface area contributed by atoms with Crippen molar-refractivity contribution in [2.75, 3.05) is 11.1 Å². The van der Waals surface area contributed by atoms with Crippen LogP contribution < -0.4 is 5.32 Å². The van der Waals surface area contributed by atoms with Crippen LogP contribution in [-0.2, 0) is 0 Å². The van der Waals surface area contributed by atoms with Crippen LogP contribution in [0.2, 0.25) is 0 Å². The summed E-state index contributed by atoms with van der Waals surface area (Å²) in [6.07, 6.45) is 0. The van der Waals surface area contributed by atoms with Crippen LogP contribution in [0.15, 0.2) is 58.9 Å². The number of carbonyl (C=O) groups excluding carboxylic acids is 2. The number of rotatable bonds is 6. The van der Waals surface area contributed by atoms with E-state index in [9.17, 15) is 14.0 Å². The summed E-state index contributed by atoms with van der Waals surface area (Å²) in [7, 11) is 0. The Hall–Kier alpha value is -2.58. The SMILES string of the molecule is O=C(CSc1ccc(NC(=O)c2cccs2)nn1)c1ccc(F)cc1. The lowest BCUT2D eigenvalue weighted by molar-refractivity contribution is 0.101. The molecule has 3 aromatic rings. The van der Waals surface area contributed by atoms with Crippen LogP contribution in [0, 0.1) is 5.82 Å². The van der Waals surface area contributed by atoms with E-state index in [4.69, 9.17) is 0 Å². The molecule has 0 aliphatic heterocycles. The molecule has 0 spiro atoms. The molecule has 1 N–H and O–H groups in total. The number of nitrogens with zero attached hydrogens (tertiary/aromatic N) is 2. The van der Waals surface area contributed by atoms with Gasteiger partial charge in [0.05, 0.1) is 10.6 Å². The molecule has 0 radical (unpaired) electrons. The summed E-state index contributed by atoms with van der Waals surface area (Å²) >= 11 is 2.56. The number of benzene rings is 1. The predicted molar refractivity (Wildman–Crippen MR) is 95.8 cm³/mol. The third-order valence-electron chi connectivity index (χ3n) is 3.14. The van der Waals surface area contributed by atoms with Crippen LogP contribution >= 0.6 is 23.1 Å². The first-order valence-corrected chi connectivity index (χ1v) is 9.08. The molecule has 2 aromatic heterocycles. The molecule has 1 aromatic carbocycles. The highest BCUT2D eigenvalue weighted by atomic mass is 32.2. The highest BCUT2D eigenvalue weighted by Crippen LogP contribution is 2.18. The van der Waals surface area contributed by atoms with Crippen LogP contribution in [0.25, 0.3) is 0 Å². The molecule has 0 fully saturated rings. The number of ketones is 1. The number of amides is 1. The molecule has 8 heteroatoms. The number of Topliss-reactive ketones (excluding diaryl/α,β-unsaturated/α-hetero) is 1. The van der Waals surface area contributed by atoms with Gasteiger partial charge in [0.15, 0.2) is 11.6 Å². The van der Waals surface area contributed by atoms with Gasteiger partial charge in [0.1, 0.15) is 10.8 Å². The topological polar surface area (TPSA) is 72.0 Å². The number of anilines is 1. The number of hydrogen-bond donors (Lipinski definition) is 1. The van der Waals surface area contributed by atoms with Crippen molar-refractivity contribution in [2.24, 2.45) is 0 Å². The fourth-order valence-electron chi connectivity index (χ4n) is 1.91. The summed E-state index contributed by atoms with van der Waals surface area (Å²) in [5, 5.41) is 12.9. The molecule has 25 heavy (non-hydrogen) atoms. The molecule has 1 amide bonds. The number of thioether (sulfide) groups is 1. The number of nitrogens with one attached hydrogen (secondary N) is 1. The molecule has 0 atom stereocenters. The minimum atomic E-state index is -0.379. The molecule has 3 rings (SSSR count). The van der Waals surface area contributed by atoms with E-state index >= 15 is 0 Å². The maximum atomic E-state index is 12.9. The first kappa shape index (κ1) is 17.2. The Morgan fingerprint density at radius 3 is 2.52 bits per heavy atom. The summed E-state index contributed by atoms with van der Waals surface area (Å²) in [6.45, 7) is 0. The summed E-state index contributed by atoms with van der Waals surface area (Å²) < 4.78 is 12.9. The average molecular weight is 373 g/mol. The van der Waals surface area contributed by atoms with Crippen LogP contribution in [0.3, 0.4) is 0 Å². The number of aromatic nitrogens is 2. The molecule has 0 saturated heterocycles. The highest BCUT2D eigenvalue weighted by Gasteiger charge is 2.10. The van der Waals surface area contributed by atoms with Crippen molar-refractivity contribution in [2.45, 2.75) is 5.03 Å². The second-order valence-electron chi connectivity index (χ2n) is 4.91. The quantitative estimate of drug-likeness (QED) is 0.524. The highest BCUT2D eigenvalue weighted by molar-refractivity contribution is 7.99. The van der Waals surface area contributed by atoms with Crippen LogP contribution in [0.4, 0.5) is 10.2 Å². The van der Waals surface area contributed by atoms with Crippen LogP contribution in [0.1, 0.15) is 20.0 Å². The Balaban J connectivity index is 1.54. The van der Waals surface area contributed by atoms with Crippen molar-refractivity contribution < 1.29 is 14.0 Å². The normalized spacial score (nSPS) is 10.4. The molecule has 126 valence electrons. The lowest BCUT2D eigenvalue weighted by Gasteiger charge is -2.04. The van der Waals surface area contributed by atoms with Crippen molar-refractivity contribution >= 4 is 40.6 Å². The first-order chi connectivity index (χ1) is 12.1. The summed E-state index contributed by atoms with van der Waals surface area (Å²) in [4.78, 5) is 24.5. The number of carbonyl (C=O) groups is 2. The van der Waals surface area contributed by atoms with E-state index < -0.39 is 0 Å². The van der Waals surface area contributed by atoms with Gasteiger partial charge in [-0.25, -0.2) is 4.39 Å². The third kappa shape index (κ3) is 4.71. The van der Waals surface area contributed by atoms with Gasteiger partial charge >= 0.3 is 0 Å². The maximum absolute atomic E-state index is 12.9. The molecule has 0 aliphatic rings. The second kappa shape index (κ2) is 8.00. The molecular formula is C17H12FN3O2S2. The maximum Gasteiger partial charge on any atom is 0.266 e. The van der Waals surface area contributed by atoms with Crippen molar-refractivity contribution in [3.05, 3.63) is 70.2 Å². The largest absolute Gasteiger partial charge is 0.304 e. The van der Waals surface area contributed by atoms with Crippen molar-refractivity contribution in [1.29, 1.82) is 0 Å². The summed E-state index contributed by atoms with van der Waals surface area (Å²) in [5.41, 5.74) is 0.446. The lowest BCUT2D eigenvalue weighted by atomic mass is 10.1. The second-order valence-corrected chi connectivity index (χ2v) is 6.85. The van der Waals surface area contributed by atoms with Gasteiger partial charge in [-0.15, -0.1) is 21.5 Å². The Kier molecular flexibility index (Phi) is 5.52. The van der Waals surface area contributed by atoms with E-state index in [1.165, 1.54) is 47.4 Å². The Bertz CT molecular complexity index is 866. The van der Waals surface area contributed by atoms with Gasteiger partial charge in [-0.05, 0) is 47.8 Å². The van der Waals surface area contributed by atoms with Crippen LogP contribution in [0.5, 0.6) is 0 Å². The van der Waals surface area contributed by atoms with Gasteiger partial charge < -0.3 is 5.32 Å². The minimum absolute atomic E-state index is 0.123. The molecule has 5 nitrogen and oxygen atoms in total. The molecule has 0 bridgehead atoms. The number of halogens is 1. The van der Waals surface area contributed by atoms with Gasteiger partial charge in [0, 0.05) is 5.56 Å². The molecule has 0 saturated carbocycles. The third-order valence-corrected chi connectivity index (χ3v) is 4.93. The molecule has 0 aliphatic carbocycles. The Labute approximate surface area is 151 Å². The fraction of sp³-hybridized carbons (Fsp3) is 0.0588. The van der Waals surface area contributed by atoms with Crippen molar-refractivity contribution in [3.63, 3.8) is 0 Å². The van der Waals surface area contributed by atoms with Gasteiger partial charge in [0.25, 0.3) is 5.91 Å². The molecule has 0 unspecified atom stereocenters. The van der Waals surface area contributed by atoms with E-state index in [1.807, 2.05) is 5.38 Å². The van der Waals surface area contributed by atoms with Gasteiger partial charge in [-0.3, -0.25) is 9.59 Å². The zero-order valence-electron chi connectivity index (χ0n) is 12.8. The summed E-state index contributed by atoms with van der Waals surface area (Å²) in [5.74, 6) is -0.234. The molecular weight excluding hydrogens is 361 g/mol. The molecule has 2 heterocycles. The van der Waals surface area contributed by atoms with Crippen LogP contribution in [-0.4, -0.2) is 27.6 Å². The van der Waals surface area contributed by atoms with E-state index in [-0.39, 0.29) is 23.3 Å². The summed E-state index contributed by atoms with van der Waals surface area (Å²) in [6, 6.07) is 12.2. The number of hydrogen-bond acceptors (Lipinski definition) is 6. The van der Waals surface area contributed by atoms with E-state index in [2.05, 4.69) is 15.5 Å². The smallest absolute Gasteiger partial charge is 0.266 e. The zero-order chi connectivity index (χ0) is 17.6. The average Bonchev–Trinajstić information content (AvgIpc) is 3.16. The van der Waals surface area contributed by atoms with E-state index in [0.717, 1.165) is 0 Å². The van der Waals surface area contributed by atoms with E-state index in [0.29, 0.717) is 21.3 Å². The fourth-order valence-corrected chi connectivity index (χ4v) is 3.24. The van der Waals surface area contributed by atoms with Crippen molar-refractivity contribution in [3.8, 4) is 0 Å². The Morgan fingerprint density at radius 1 is 1.08 bits per heavy atom.